The standard InChI is InChI=1S/C30H24N2/c1-22-21-28-29(23-13-5-2-6-14-23)26-19-11-12-20-27(26)30(32(28)31-22,24-15-7-3-8-16-24)25-17-9-4-10-18-25/h2-21,29H,1H3. The molecule has 0 saturated carbocycles. The first-order chi connectivity index (χ1) is 15.8. The van der Waals surface area contributed by atoms with E-state index in [-0.39, 0.29) is 5.92 Å². The molecule has 5 aromatic rings. The van der Waals surface area contributed by atoms with E-state index in [0.29, 0.717) is 0 Å². The Kier molecular flexibility index (Phi) is 4.32. The molecule has 1 aliphatic rings. The van der Waals surface area contributed by atoms with Crippen LogP contribution in [-0.4, -0.2) is 9.78 Å². The molecule has 0 aliphatic carbocycles. The molecule has 6 rings (SSSR count). The molecule has 0 bridgehead atoms. The summed E-state index contributed by atoms with van der Waals surface area (Å²) in [4.78, 5) is 0. The van der Waals surface area contributed by atoms with Gasteiger partial charge in [0.25, 0.3) is 0 Å². The lowest BCUT2D eigenvalue weighted by Gasteiger charge is -2.44. The van der Waals surface area contributed by atoms with Crippen molar-refractivity contribution in [3.8, 4) is 0 Å². The van der Waals surface area contributed by atoms with Gasteiger partial charge in [0.2, 0.25) is 0 Å². The molecule has 32 heavy (non-hydrogen) atoms. The summed E-state index contributed by atoms with van der Waals surface area (Å²) in [6, 6.07) is 43.5. The van der Waals surface area contributed by atoms with Gasteiger partial charge in [-0.25, -0.2) is 4.68 Å². The third kappa shape index (κ3) is 2.63. The number of aryl methyl sites for hydroxylation is 1. The van der Waals surface area contributed by atoms with Crippen LogP contribution in [0.4, 0.5) is 0 Å². The van der Waals surface area contributed by atoms with Crippen molar-refractivity contribution in [3.05, 3.63) is 161 Å². The van der Waals surface area contributed by atoms with Gasteiger partial charge in [-0.1, -0.05) is 115 Å². The fourth-order valence-corrected chi connectivity index (χ4v) is 5.42. The molecule has 0 amide bonds. The maximum absolute atomic E-state index is 5.15. The molecule has 2 nitrogen and oxygen atoms in total. The topological polar surface area (TPSA) is 17.8 Å². The number of rotatable bonds is 3. The molecule has 1 aromatic heterocycles. The Morgan fingerprint density at radius 2 is 1.19 bits per heavy atom. The van der Waals surface area contributed by atoms with Crippen LogP contribution >= 0.6 is 0 Å². The van der Waals surface area contributed by atoms with E-state index in [9.17, 15) is 0 Å². The Balaban J connectivity index is 1.78. The van der Waals surface area contributed by atoms with Gasteiger partial charge < -0.3 is 0 Å². The molecule has 1 unspecified atom stereocenters. The first-order valence-corrected chi connectivity index (χ1v) is 11.1. The van der Waals surface area contributed by atoms with E-state index in [0.717, 1.165) is 5.69 Å². The second kappa shape index (κ2) is 7.35. The number of nitrogens with zero attached hydrogens (tertiary/aromatic N) is 2. The molecule has 1 aliphatic heterocycles. The highest BCUT2D eigenvalue weighted by Gasteiger charge is 2.47. The Morgan fingerprint density at radius 1 is 0.656 bits per heavy atom. The Hall–Kier alpha value is -3.91. The largest absolute Gasteiger partial charge is 0.249 e. The monoisotopic (exact) mass is 412 g/mol. The van der Waals surface area contributed by atoms with Crippen molar-refractivity contribution in [2.75, 3.05) is 0 Å². The lowest BCUT2D eigenvalue weighted by Crippen LogP contribution is -2.44. The van der Waals surface area contributed by atoms with Crippen molar-refractivity contribution in [1.29, 1.82) is 0 Å². The van der Waals surface area contributed by atoms with Crippen LogP contribution in [0.15, 0.2) is 121 Å². The fraction of sp³-hybridized carbons (Fsp3) is 0.100. The zero-order chi connectivity index (χ0) is 21.5. The second-order valence-electron chi connectivity index (χ2n) is 8.50. The Morgan fingerprint density at radius 3 is 1.81 bits per heavy atom. The van der Waals surface area contributed by atoms with Crippen LogP contribution in [0.5, 0.6) is 0 Å². The van der Waals surface area contributed by atoms with E-state index in [4.69, 9.17) is 5.10 Å². The van der Waals surface area contributed by atoms with Gasteiger partial charge in [0, 0.05) is 0 Å². The van der Waals surface area contributed by atoms with Crippen LogP contribution in [0, 0.1) is 6.92 Å². The van der Waals surface area contributed by atoms with Crippen LogP contribution in [0.25, 0.3) is 0 Å². The molecular formula is C30H24N2. The third-order valence-electron chi connectivity index (χ3n) is 6.65. The zero-order valence-electron chi connectivity index (χ0n) is 18.0. The van der Waals surface area contributed by atoms with Crippen LogP contribution in [0.3, 0.4) is 0 Å². The molecule has 2 heterocycles. The van der Waals surface area contributed by atoms with Gasteiger partial charge >= 0.3 is 0 Å². The van der Waals surface area contributed by atoms with Crippen molar-refractivity contribution in [2.45, 2.75) is 18.4 Å². The predicted molar refractivity (Wildman–Crippen MR) is 129 cm³/mol. The zero-order valence-corrected chi connectivity index (χ0v) is 18.0. The highest BCUT2D eigenvalue weighted by molar-refractivity contribution is 5.60. The van der Waals surface area contributed by atoms with Gasteiger partial charge in [-0.15, -0.1) is 0 Å². The van der Waals surface area contributed by atoms with E-state index >= 15 is 0 Å². The van der Waals surface area contributed by atoms with Crippen molar-refractivity contribution in [1.82, 2.24) is 9.78 Å². The number of fused-ring (bicyclic) bond motifs is 2. The molecule has 0 radical (unpaired) electrons. The maximum atomic E-state index is 5.15. The van der Waals surface area contributed by atoms with Crippen LogP contribution in [0.1, 0.15) is 45.1 Å². The van der Waals surface area contributed by atoms with E-state index in [1.807, 2.05) is 0 Å². The first kappa shape index (κ1) is 18.8. The summed E-state index contributed by atoms with van der Waals surface area (Å²) in [5, 5.41) is 5.15. The van der Waals surface area contributed by atoms with E-state index in [2.05, 4.69) is 133 Å². The molecular weight excluding hydrogens is 388 g/mol. The molecule has 154 valence electrons. The van der Waals surface area contributed by atoms with Gasteiger partial charge in [-0.2, -0.15) is 5.10 Å². The highest BCUT2D eigenvalue weighted by Crippen LogP contribution is 2.51. The average Bonchev–Trinajstić information content (AvgIpc) is 3.25. The highest BCUT2D eigenvalue weighted by atomic mass is 15.3. The first-order valence-electron chi connectivity index (χ1n) is 11.1. The minimum absolute atomic E-state index is 0.133. The van der Waals surface area contributed by atoms with Gasteiger partial charge in [-0.05, 0) is 40.8 Å². The molecule has 4 aromatic carbocycles. The minimum atomic E-state index is -0.534. The number of benzene rings is 4. The smallest absolute Gasteiger partial charge is 0.138 e. The number of aromatic nitrogens is 2. The van der Waals surface area contributed by atoms with Gasteiger partial charge in [0.1, 0.15) is 5.54 Å². The molecule has 0 spiro atoms. The van der Waals surface area contributed by atoms with E-state index in [1.165, 1.54) is 33.5 Å². The number of hydrogen-bond donors (Lipinski definition) is 0. The van der Waals surface area contributed by atoms with Gasteiger partial charge in [-0.3, -0.25) is 0 Å². The summed E-state index contributed by atoms with van der Waals surface area (Å²) < 4.78 is 2.28. The normalized spacial score (nSPS) is 16.2. The molecule has 1 atom stereocenters. The van der Waals surface area contributed by atoms with Crippen LogP contribution in [-0.2, 0) is 5.54 Å². The van der Waals surface area contributed by atoms with Crippen LogP contribution < -0.4 is 0 Å². The fourth-order valence-electron chi connectivity index (χ4n) is 5.42. The van der Waals surface area contributed by atoms with Crippen molar-refractivity contribution >= 4 is 0 Å². The summed E-state index contributed by atoms with van der Waals surface area (Å²) in [5.74, 6) is 0.133. The van der Waals surface area contributed by atoms with Crippen molar-refractivity contribution in [2.24, 2.45) is 0 Å². The summed E-state index contributed by atoms with van der Waals surface area (Å²) in [6.07, 6.45) is 0. The lowest BCUT2D eigenvalue weighted by atomic mass is 9.69. The second-order valence-corrected chi connectivity index (χ2v) is 8.50. The Labute approximate surface area is 188 Å². The van der Waals surface area contributed by atoms with Crippen molar-refractivity contribution < 1.29 is 0 Å². The maximum Gasteiger partial charge on any atom is 0.138 e. The Bertz CT molecular complexity index is 1330. The van der Waals surface area contributed by atoms with Gasteiger partial charge in [0.15, 0.2) is 0 Å². The lowest BCUT2D eigenvalue weighted by molar-refractivity contribution is 0.416. The molecule has 2 heteroatoms. The summed E-state index contributed by atoms with van der Waals surface area (Å²) in [5.41, 5.74) is 8.05. The SMILES string of the molecule is Cc1cc2n(n1)C(c1ccccc1)(c1ccccc1)c1ccccc1C2c1ccccc1. The van der Waals surface area contributed by atoms with E-state index in [1.54, 1.807) is 0 Å². The minimum Gasteiger partial charge on any atom is -0.249 e. The van der Waals surface area contributed by atoms with Gasteiger partial charge in [0.05, 0.1) is 17.3 Å². The number of hydrogen-bond acceptors (Lipinski definition) is 1. The molecule has 0 N–H and O–H groups in total. The summed E-state index contributed by atoms with van der Waals surface area (Å²) >= 11 is 0. The average molecular weight is 413 g/mol. The van der Waals surface area contributed by atoms with E-state index < -0.39 is 5.54 Å². The summed E-state index contributed by atoms with van der Waals surface area (Å²) in [7, 11) is 0. The summed E-state index contributed by atoms with van der Waals surface area (Å²) in [6.45, 7) is 2.10. The molecule has 0 saturated heterocycles. The van der Waals surface area contributed by atoms with Crippen LogP contribution in [0.2, 0.25) is 0 Å². The van der Waals surface area contributed by atoms with Crippen molar-refractivity contribution in [3.63, 3.8) is 0 Å². The quantitative estimate of drug-likeness (QED) is 0.323. The molecule has 0 fully saturated rings. The predicted octanol–water partition coefficient (Wildman–Crippen LogP) is 6.53. The third-order valence-corrected chi connectivity index (χ3v) is 6.65.